The Morgan fingerprint density at radius 1 is 1.24 bits per heavy atom. The molecule has 0 bridgehead atoms. The minimum Gasteiger partial charge on any atom is -0.383 e. The number of aromatic nitrogens is 1. The zero-order chi connectivity index (χ0) is 15.6. The number of hydrogen-bond donors (Lipinski definition) is 2. The molecule has 1 aromatic carbocycles. The van der Waals surface area contributed by atoms with E-state index in [1.54, 1.807) is 6.07 Å². The second-order valence-electron chi connectivity index (χ2n) is 3.94. The minimum atomic E-state index is -3.95. The van der Waals surface area contributed by atoms with Crippen molar-refractivity contribution in [2.24, 2.45) is 0 Å². The third-order valence-electron chi connectivity index (χ3n) is 2.48. The van der Waals surface area contributed by atoms with E-state index in [-0.39, 0.29) is 22.0 Å². The van der Waals surface area contributed by atoms with E-state index in [0.717, 1.165) is 0 Å². The number of nitrogen functional groups attached to an aromatic ring is 1. The predicted molar refractivity (Wildman–Crippen MR) is 86.0 cm³/mol. The summed E-state index contributed by atoms with van der Waals surface area (Å²) in [6.45, 7) is 0. The first kappa shape index (κ1) is 15.8. The van der Waals surface area contributed by atoms with Crippen LogP contribution in [0, 0.1) is 11.3 Å². The van der Waals surface area contributed by atoms with Crippen LogP contribution in [0.1, 0.15) is 5.56 Å². The van der Waals surface area contributed by atoms with Crippen molar-refractivity contribution in [1.82, 2.24) is 4.98 Å². The second kappa shape index (κ2) is 6.01. The van der Waals surface area contributed by atoms with Crippen molar-refractivity contribution < 1.29 is 8.42 Å². The average Bonchev–Trinajstić information content (AvgIpc) is 2.43. The summed E-state index contributed by atoms with van der Waals surface area (Å²) in [5.74, 6) is -0.124. The van der Waals surface area contributed by atoms with Gasteiger partial charge >= 0.3 is 0 Å². The maximum absolute atomic E-state index is 12.4. The van der Waals surface area contributed by atoms with Crippen molar-refractivity contribution in [2.45, 2.75) is 4.90 Å². The van der Waals surface area contributed by atoms with Gasteiger partial charge in [0, 0.05) is 15.1 Å². The molecular weight excluding hydrogens is 424 g/mol. The summed E-state index contributed by atoms with van der Waals surface area (Å²) in [6.07, 6.45) is 1.40. The van der Waals surface area contributed by atoms with Crippen molar-refractivity contribution in [3.63, 3.8) is 0 Å². The molecule has 0 aliphatic carbocycles. The van der Waals surface area contributed by atoms with Crippen molar-refractivity contribution in [2.75, 3.05) is 10.5 Å². The smallest absolute Gasteiger partial charge is 0.265 e. The first-order valence-corrected chi connectivity index (χ1v) is 8.54. The molecule has 108 valence electrons. The van der Waals surface area contributed by atoms with Crippen LogP contribution in [-0.2, 0) is 10.0 Å². The fraction of sp³-hybridized carbons (Fsp3) is 0. The number of nitriles is 1. The first-order valence-electron chi connectivity index (χ1n) is 5.47. The maximum Gasteiger partial charge on any atom is 0.265 e. The molecule has 9 heteroatoms. The number of nitrogens with one attached hydrogen (secondary N) is 1. The van der Waals surface area contributed by atoms with Gasteiger partial charge in [-0.25, -0.2) is 13.4 Å². The van der Waals surface area contributed by atoms with Crippen LogP contribution in [0.4, 0.5) is 11.5 Å². The molecule has 2 aromatic rings. The highest BCUT2D eigenvalue weighted by atomic mass is 79.9. The van der Waals surface area contributed by atoms with Crippen molar-refractivity contribution in [1.29, 1.82) is 5.26 Å². The normalized spacial score (nSPS) is 10.9. The fourth-order valence-corrected chi connectivity index (χ4v) is 3.58. The standard InChI is InChI=1S/C12H8Br2N4O2S/c13-8-1-2-10(7(3-8)5-15)18-21(19,20)11-4-9(14)6-17-12(11)16/h1-4,6,18H,(H2,16,17). The molecule has 1 aromatic heterocycles. The van der Waals surface area contributed by atoms with Crippen molar-refractivity contribution in [3.8, 4) is 6.07 Å². The Kier molecular flexibility index (Phi) is 4.51. The van der Waals surface area contributed by atoms with Crippen LogP contribution in [0.15, 0.2) is 44.3 Å². The van der Waals surface area contributed by atoms with E-state index in [1.807, 2.05) is 6.07 Å². The van der Waals surface area contributed by atoms with Crippen LogP contribution < -0.4 is 10.5 Å². The average molecular weight is 432 g/mol. The summed E-state index contributed by atoms with van der Waals surface area (Å²) in [5.41, 5.74) is 5.96. The van der Waals surface area contributed by atoms with Gasteiger partial charge in [-0.15, -0.1) is 0 Å². The maximum atomic E-state index is 12.4. The molecule has 0 atom stereocenters. The highest BCUT2D eigenvalue weighted by molar-refractivity contribution is 9.10. The third-order valence-corrected chi connectivity index (χ3v) is 4.81. The van der Waals surface area contributed by atoms with E-state index in [2.05, 4.69) is 41.6 Å². The summed E-state index contributed by atoms with van der Waals surface area (Å²) in [4.78, 5) is 3.62. The van der Waals surface area contributed by atoms with Gasteiger partial charge in [0.1, 0.15) is 16.8 Å². The Labute approximate surface area is 138 Å². The summed E-state index contributed by atoms with van der Waals surface area (Å²) in [7, 11) is -3.95. The molecule has 0 amide bonds. The topological polar surface area (TPSA) is 109 Å². The Hall–Kier alpha value is -1.63. The highest BCUT2D eigenvalue weighted by Crippen LogP contribution is 2.26. The van der Waals surface area contributed by atoms with Crippen LogP contribution in [-0.4, -0.2) is 13.4 Å². The lowest BCUT2D eigenvalue weighted by Crippen LogP contribution is -2.16. The van der Waals surface area contributed by atoms with Gasteiger partial charge in [-0.2, -0.15) is 5.26 Å². The van der Waals surface area contributed by atoms with E-state index >= 15 is 0 Å². The summed E-state index contributed by atoms with van der Waals surface area (Å²) in [5, 5.41) is 9.06. The molecule has 6 nitrogen and oxygen atoms in total. The lowest BCUT2D eigenvalue weighted by molar-refractivity contribution is 0.601. The SMILES string of the molecule is N#Cc1cc(Br)ccc1NS(=O)(=O)c1cc(Br)cnc1N. The zero-order valence-corrected chi connectivity index (χ0v) is 14.3. The number of anilines is 2. The summed E-state index contributed by atoms with van der Waals surface area (Å²) >= 11 is 6.36. The highest BCUT2D eigenvalue weighted by Gasteiger charge is 2.20. The number of nitrogens with zero attached hydrogens (tertiary/aromatic N) is 2. The summed E-state index contributed by atoms with van der Waals surface area (Å²) < 4.78 is 28.2. The van der Waals surface area contributed by atoms with E-state index in [4.69, 9.17) is 11.0 Å². The second-order valence-corrected chi connectivity index (χ2v) is 7.43. The Balaban J connectivity index is 2.48. The lowest BCUT2D eigenvalue weighted by Gasteiger charge is -2.11. The zero-order valence-electron chi connectivity index (χ0n) is 10.3. The van der Waals surface area contributed by atoms with Gasteiger partial charge in [-0.3, -0.25) is 4.72 Å². The van der Waals surface area contributed by atoms with Gasteiger partial charge in [0.15, 0.2) is 0 Å². The van der Waals surface area contributed by atoms with Crippen LogP contribution in [0.25, 0.3) is 0 Å². The number of pyridine rings is 1. The molecule has 1 heterocycles. The molecule has 0 saturated heterocycles. The number of nitrogens with two attached hydrogens (primary N) is 1. The number of halogens is 2. The van der Waals surface area contributed by atoms with E-state index in [0.29, 0.717) is 8.95 Å². The largest absolute Gasteiger partial charge is 0.383 e. The lowest BCUT2D eigenvalue weighted by atomic mass is 10.2. The molecule has 2 rings (SSSR count). The van der Waals surface area contributed by atoms with Crippen LogP contribution in [0.3, 0.4) is 0 Å². The molecule has 3 N–H and O–H groups in total. The van der Waals surface area contributed by atoms with E-state index < -0.39 is 10.0 Å². The number of rotatable bonds is 3. The molecule has 21 heavy (non-hydrogen) atoms. The van der Waals surface area contributed by atoms with Gasteiger partial charge < -0.3 is 5.73 Å². The van der Waals surface area contributed by atoms with Crippen LogP contribution >= 0.6 is 31.9 Å². The Morgan fingerprint density at radius 2 is 1.95 bits per heavy atom. The van der Waals surface area contributed by atoms with Gasteiger partial charge in [0.25, 0.3) is 10.0 Å². The molecule has 0 fully saturated rings. The monoisotopic (exact) mass is 430 g/mol. The van der Waals surface area contributed by atoms with Crippen molar-refractivity contribution in [3.05, 3.63) is 45.0 Å². The molecule has 0 unspecified atom stereocenters. The predicted octanol–water partition coefficient (Wildman–Crippen LogP) is 2.86. The molecule has 0 radical (unpaired) electrons. The van der Waals surface area contributed by atoms with Gasteiger partial charge in [-0.05, 0) is 40.2 Å². The minimum absolute atomic E-state index is 0.124. The van der Waals surface area contributed by atoms with E-state index in [1.165, 1.54) is 24.4 Å². The molecule has 0 aliphatic rings. The summed E-state index contributed by atoms with van der Waals surface area (Å²) in [6, 6.07) is 7.89. The molecule has 0 saturated carbocycles. The molecule has 0 aliphatic heterocycles. The third kappa shape index (κ3) is 3.53. The van der Waals surface area contributed by atoms with Crippen molar-refractivity contribution >= 4 is 53.4 Å². The number of benzene rings is 1. The van der Waals surface area contributed by atoms with Crippen LogP contribution in [0.5, 0.6) is 0 Å². The van der Waals surface area contributed by atoms with E-state index in [9.17, 15) is 8.42 Å². The van der Waals surface area contributed by atoms with Gasteiger partial charge in [-0.1, -0.05) is 15.9 Å². The van der Waals surface area contributed by atoms with Gasteiger partial charge in [0.2, 0.25) is 0 Å². The van der Waals surface area contributed by atoms with Crippen LogP contribution in [0.2, 0.25) is 0 Å². The quantitative estimate of drug-likeness (QED) is 0.776. The fourth-order valence-electron chi connectivity index (χ4n) is 1.54. The molecule has 0 spiro atoms. The van der Waals surface area contributed by atoms with Gasteiger partial charge in [0.05, 0.1) is 11.3 Å². The number of sulfonamides is 1. The first-order chi connectivity index (χ1) is 9.83. The Morgan fingerprint density at radius 3 is 2.62 bits per heavy atom. The number of hydrogen-bond acceptors (Lipinski definition) is 5. The molecular formula is C12H8Br2N4O2S. The Bertz CT molecular complexity index is 847.